The number of benzene rings is 3. The SMILES string of the molecule is C=C(C)C(=O)NCCCc1nc2ccccc2n1CCCOc1ccc2ccccc2c1. The molecule has 0 aliphatic rings. The summed E-state index contributed by atoms with van der Waals surface area (Å²) in [7, 11) is 0. The van der Waals surface area contributed by atoms with E-state index in [0.29, 0.717) is 18.7 Å². The fourth-order valence-electron chi connectivity index (χ4n) is 3.83. The number of aryl methyl sites for hydroxylation is 2. The van der Waals surface area contributed by atoms with Crippen LogP contribution in [0, 0.1) is 0 Å². The maximum Gasteiger partial charge on any atom is 0.246 e. The molecule has 5 nitrogen and oxygen atoms in total. The van der Waals surface area contributed by atoms with Crippen molar-refractivity contribution in [1.29, 1.82) is 0 Å². The third-order valence-electron chi connectivity index (χ3n) is 5.50. The minimum Gasteiger partial charge on any atom is -0.494 e. The summed E-state index contributed by atoms with van der Waals surface area (Å²) in [5.41, 5.74) is 2.67. The second-order valence-corrected chi connectivity index (χ2v) is 8.02. The Morgan fingerprint density at radius 3 is 2.66 bits per heavy atom. The zero-order valence-corrected chi connectivity index (χ0v) is 18.5. The van der Waals surface area contributed by atoms with Gasteiger partial charge in [0, 0.05) is 25.1 Å². The van der Waals surface area contributed by atoms with Crippen LogP contribution in [0.5, 0.6) is 5.75 Å². The van der Waals surface area contributed by atoms with E-state index in [1.807, 2.05) is 36.4 Å². The van der Waals surface area contributed by atoms with E-state index in [1.54, 1.807) is 6.92 Å². The second kappa shape index (κ2) is 10.1. The number of fused-ring (bicyclic) bond motifs is 2. The van der Waals surface area contributed by atoms with Crippen molar-refractivity contribution in [3.05, 3.63) is 84.7 Å². The Morgan fingerprint density at radius 1 is 1.03 bits per heavy atom. The van der Waals surface area contributed by atoms with E-state index in [4.69, 9.17) is 9.72 Å². The van der Waals surface area contributed by atoms with Crippen LogP contribution in [0.2, 0.25) is 0 Å². The van der Waals surface area contributed by atoms with Crippen LogP contribution < -0.4 is 10.1 Å². The molecular weight excluding hydrogens is 398 g/mol. The van der Waals surface area contributed by atoms with E-state index >= 15 is 0 Å². The van der Waals surface area contributed by atoms with Gasteiger partial charge in [-0.1, -0.05) is 49.0 Å². The van der Waals surface area contributed by atoms with Gasteiger partial charge in [-0.05, 0) is 54.8 Å². The zero-order chi connectivity index (χ0) is 22.3. The Labute approximate surface area is 188 Å². The largest absolute Gasteiger partial charge is 0.494 e. The molecule has 0 radical (unpaired) electrons. The average molecular weight is 428 g/mol. The van der Waals surface area contributed by atoms with Crippen LogP contribution in [0.1, 0.15) is 25.6 Å². The molecule has 32 heavy (non-hydrogen) atoms. The molecule has 0 unspecified atom stereocenters. The van der Waals surface area contributed by atoms with Crippen LogP contribution in [-0.2, 0) is 17.8 Å². The average Bonchev–Trinajstić information content (AvgIpc) is 3.16. The number of carbonyl (C=O) groups is 1. The van der Waals surface area contributed by atoms with Crippen molar-refractivity contribution in [2.75, 3.05) is 13.2 Å². The summed E-state index contributed by atoms with van der Waals surface area (Å²) in [6, 6.07) is 22.7. The van der Waals surface area contributed by atoms with Crippen LogP contribution in [0.4, 0.5) is 0 Å². The number of aromatic nitrogens is 2. The molecule has 1 amide bonds. The number of para-hydroxylation sites is 2. The topological polar surface area (TPSA) is 56.2 Å². The Hall–Kier alpha value is -3.60. The highest BCUT2D eigenvalue weighted by molar-refractivity contribution is 5.92. The summed E-state index contributed by atoms with van der Waals surface area (Å²) in [6.07, 6.45) is 2.51. The van der Waals surface area contributed by atoms with Crippen molar-refractivity contribution in [1.82, 2.24) is 14.9 Å². The first kappa shape index (κ1) is 21.6. The summed E-state index contributed by atoms with van der Waals surface area (Å²) in [4.78, 5) is 16.5. The van der Waals surface area contributed by atoms with Crippen molar-refractivity contribution in [3.8, 4) is 5.75 Å². The number of imidazole rings is 1. The predicted molar refractivity (Wildman–Crippen MR) is 130 cm³/mol. The van der Waals surface area contributed by atoms with Crippen LogP contribution in [0.15, 0.2) is 78.9 Å². The number of rotatable bonds is 10. The molecule has 3 aromatic carbocycles. The van der Waals surface area contributed by atoms with E-state index < -0.39 is 0 Å². The Bertz CT molecular complexity index is 1240. The number of amides is 1. The number of nitrogens with zero attached hydrogens (tertiary/aromatic N) is 2. The Balaban J connectivity index is 1.36. The van der Waals surface area contributed by atoms with Gasteiger partial charge in [0.25, 0.3) is 0 Å². The quantitative estimate of drug-likeness (QED) is 0.277. The summed E-state index contributed by atoms with van der Waals surface area (Å²) in [5, 5.41) is 5.30. The van der Waals surface area contributed by atoms with Gasteiger partial charge in [-0.2, -0.15) is 0 Å². The monoisotopic (exact) mass is 427 g/mol. The zero-order valence-electron chi connectivity index (χ0n) is 18.5. The van der Waals surface area contributed by atoms with Gasteiger partial charge in [0.1, 0.15) is 11.6 Å². The normalized spacial score (nSPS) is 11.0. The molecule has 0 bridgehead atoms. The third-order valence-corrected chi connectivity index (χ3v) is 5.50. The summed E-state index contributed by atoms with van der Waals surface area (Å²) < 4.78 is 8.30. The third kappa shape index (κ3) is 5.17. The lowest BCUT2D eigenvalue weighted by Gasteiger charge is -2.11. The van der Waals surface area contributed by atoms with Gasteiger partial charge < -0.3 is 14.6 Å². The van der Waals surface area contributed by atoms with Crippen molar-refractivity contribution in [3.63, 3.8) is 0 Å². The molecule has 5 heteroatoms. The number of hydrogen-bond donors (Lipinski definition) is 1. The summed E-state index contributed by atoms with van der Waals surface area (Å²) in [6.45, 7) is 7.47. The molecule has 0 saturated heterocycles. The first-order chi connectivity index (χ1) is 15.6. The molecule has 1 heterocycles. The molecule has 4 aromatic rings. The van der Waals surface area contributed by atoms with Crippen LogP contribution in [0.25, 0.3) is 21.8 Å². The van der Waals surface area contributed by atoms with Crippen molar-refractivity contribution in [2.24, 2.45) is 0 Å². The molecule has 0 saturated carbocycles. The fraction of sp³-hybridized carbons (Fsp3) is 0.259. The molecule has 0 aliphatic carbocycles. The molecule has 4 rings (SSSR count). The molecule has 1 N–H and O–H groups in total. The van der Waals surface area contributed by atoms with Crippen molar-refractivity contribution < 1.29 is 9.53 Å². The summed E-state index contributed by atoms with van der Waals surface area (Å²) >= 11 is 0. The molecule has 0 fully saturated rings. The van der Waals surface area contributed by atoms with Gasteiger partial charge in [-0.15, -0.1) is 0 Å². The highest BCUT2D eigenvalue weighted by Crippen LogP contribution is 2.21. The van der Waals surface area contributed by atoms with Crippen molar-refractivity contribution >= 4 is 27.7 Å². The lowest BCUT2D eigenvalue weighted by atomic mass is 10.1. The smallest absolute Gasteiger partial charge is 0.246 e. The van der Waals surface area contributed by atoms with E-state index in [2.05, 4.69) is 46.8 Å². The minimum absolute atomic E-state index is 0.0932. The van der Waals surface area contributed by atoms with Crippen molar-refractivity contribution in [2.45, 2.75) is 32.7 Å². The fourth-order valence-corrected chi connectivity index (χ4v) is 3.83. The van der Waals surface area contributed by atoms with Gasteiger partial charge in [-0.3, -0.25) is 4.79 Å². The van der Waals surface area contributed by atoms with Gasteiger partial charge in [0.15, 0.2) is 0 Å². The van der Waals surface area contributed by atoms with Crippen LogP contribution >= 0.6 is 0 Å². The number of carbonyl (C=O) groups excluding carboxylic acids is 1. The van der Waals surface area contributed by atoms with Gasteiger partial charge >= 0.3 is 0 Å². The van der Waals surface area contributed by atoms with E-state index in [0.717, 1.165) is 48.4 Å². The number of nitrogens with one attached hydrogen (secondary N) is 1. The van der Waals surface area contributed by atoms with Gasteiger partial charge in [-0.25, -0.2) is 4.98 Å². The standard InChI is InChI=1S/C27H29N3O2/c1-20(2)27(31)28-16-7-13-26-29-24-11-5-6-12-25(24)30(26)17-8-18-32-23-15-14-21-9-3-4-10-22(21)19-23/h3-6,9-12,14-15,19H,1,7-8,13,16-18H2,2H3,(H,28,31). The maximum absolute atomic E-state index is 11.7. The highest BCUT2D eigenvalue weighted by Gasteiger charge is 2.10. The van der Waals surface area contributed by atoms with Gasteiger partial charge in [0.05, 0.1) is 17.6 Å². The molecule has 0 spiro atoms. The molecular formula is C27H29N3O2. The second-order valence-electron chi connectivity index (χ2n) is 8.02. The van der Waals surface area contributed by atoms with E-state index in [1.165, 1.54) is 10.8 Å². The Kier molecular flexibility index (Phi) is 6.85. The molecule has 1 aromatic heterocycles. The lowest BCUT2D eigenvalue weighted by molar-refractivity contribution is -0.117. The highest BCUT2D eigenvalue weighted by atomic mass is 16.5. The molecule has 0 atom stereocenters. The molecule has 164 valence electrons. The van der Waals surface area contributed by atoms with Crippen LogP contribution in [0.3, 0.4) is 0 Å². The number of hydrogen-bond acceptors (Lipinski definition) is 3. The predicted octanol–water partition coefficient (Wildman–Crippen LogP) is 5.28. The van der Waals surface area contributed by atoms with E-state index in [-0.39, 0.29) is 5.91 Å². The van der Waals surface area contributed by atoms with Gasteiger partial charge in [0.2, 0.25) is 5.91 Å². The lowest BCUT2D eigenvalue weighted by Crippen LogP contribution is -2.25. The summed E-state index contributed by atoms with van der Waals surface area (Å²) in [5.74, 6) is 1.85. The Morgan fingerprint density at radius 2 is 1.81 bits per heavy atom. The molecule has 0 aliphatic heterocycles. The first-order valence-electron chi connectivity index (χ1n) is 11.1. The first-order valence-corrected chi connectivity index (χ1v) is 11.1. The number of ether oxygens (including phenoxy) is 1. The maximum atomic E-state index is 11.7. The van der Waals surface area contributed by atoms with Crippen LogP contribution in [-0.4, -0.2) is 28.6 Å². The minimum atomic E-state index is -0.0932. The van der Waals surface area contributed by atoms with E-state index in [9.17, 15) is 4.79 Å².